The summed E-state index contributed by atoms with van der Waals surface area (Å²) in [5, 5.41) is 2.77. The summed E-state index contributed by atoms with van der Waals surface area (Å²) in [4.78, 5) is 16.1. The molecule has 0 unspecified atom stereocenters. The van der Waals surface area contributed by atoms with Crippen molar-refractivity contribution < 1.29 is 17.9 Å². The lowest BCUT2D eigenvalue weighted by molar-refractivity contribution is -0.121. The molecule has 1 aliphatic heterocycles. The maximum atomic E-state index is 11.9. The van der Waals surface area contributed by atoms with Crippen LogP contribution in [0.1, 0.15) is 18.9 Å². The van der Waals surface area contributed by atoms with E-state index in [1.54, 1.807) is 25.3 Å². The first-order valence-corrected chi connectivity index (χ1v) is 8.37. The van der Waals surface area contributed by atoms with Crippen molar-refractivity contribution in [2.75, 3.05) is 20.3 Å². The lowest BCUT2D eigenvalue weighted by Crippen LogP contribution is -2.35. The molecule has 0 bridgehead atoms. The summed E-state index contributed by atoms with van der Waals surface area (Å²) < 4.78 is 31.1. The quantitative estimate of drug-likeness (QED) is 0.784. The van der Waals surface area contributed by atoms with Crippen LogP contribution in [0.3, 0.4) is 0 Å². The first-order valence-electron chi connectivity index (χ1n) is 6.89. The Morgan fingerprint density at radius 2 is 2.14 bits per heavy atom. The fraction of sp³-hybridized carbons (Fsp3) is 0.429. The molecule has 0 aliphatic carbocycles. The van der Waals surface area contributed by atoms with E-state index in [1.165, 1.54) is 6.07 Å². The molecule has 1 aromatic rings. The number of carbonyl (C=O) groups is 1. The molecule has 0 saturated heterocycles. The zero-order valence-electron chi connectivity index (χ0n) is 12.5. The van der Waals surface area contributed by atoms with Gasteiger partial charge in [-0.25, -0.2) is 8.42 Å². The van der Waals surface area contributed by atoms with E-state index in [0.29, 0.717) is 12.2 Å². The molecule has 0 saturated carbocycles. The third kappa shape index (κ3) is 3.83. The molecule has 0 aromatic heterocycles. The van der Waals surface area contributed by atoms with Crippen molar-refractivity contribution in [3.8, 4) is 0 Å². The third-order valence-electron chi connectivity index (χ3n) is 3.10. The Morgan fingerprint density at radius 3 is 2.86 bits per heavy atom. The smallest absolute Gasteiger partial charge is 0.263 e. The molecule has 1 aliphatic rings. The van der Waals surface area contributed by atoms with Gasteiger partial charge in [0.15, 0.2) is 0 Å². The predicted octanol–water partition coefficient (Wildman–Crippen LogP) is 0.266. The number of ether oxygens (including phenoxy) is 1. The molecular weight excluding hydrogens is 306 g/mol. The number of methoxy groups -OCH3 is 1. The average Bonchev–Trinajstić information content (AvgIpc) is 2.71. The highest BCUT2D eigenvalue weighted by Crippen LogP contribution is 2.22. The van der Waals surface area contributed by atoms with Gasteiger partial charge in [-0.3, -0.25) is 14.5 Å². The van der Waals surface area contributed by atoms with Crippen molar-refractivity contribution in [2.24, 2.45) is 4.99 Å². The number of amides is 1. The van der Waals surface area contributed by atoms with Gasteiger partial charge in [0.05, 0.1) is 18.0 Å². The minimum Gasteiger partial charge on any atom is -0.383 e. The molecule has 7 nitrogen and oxygen atoms in total. The highest BCUT2D eigenvalue weighted by Gasteiger charge is 2.29. The molecule has 1 aromatic carbocycles. The average molecular weight is 325 g/mol. The van der Waals surface area contributed by atoms with E-state index in [-0.39, 0.29) is 35.6 Å². The van der Waals surface area contributed by atoms with E-state index >= 15 is 0 Å². The monoisotopic (exact) mass is 325 g/mol. The summed E-state index contributed by atoms with van der Waals surface area (Å²) in [7, 11) is -1.96. The fourth-order valence-electron chi connectivity index (χ4n) is 2.16. The fourth-order valence-corrected chi connectivity index (χ4v) is 3.41. The van der Waals surface area contributed by atoms with Gasteiger partial charge in [-0.2, -0.15) is 0 Å². The molecule has 0 radical (unpaired) electrons. The van der Waals surface area contributed by atoms with Gasteiger partial charge < -0.3 is 10.1 Å². The summed E-state index contributed by atoms with van der Waals surface area (Å²) in [6.07, 6.45) is 0.182. The number of hydrogen-bond acceptors (Lipinski definition) is 5. The summed E-state index contributed by atoms with van der Waals surface area (Å²) in [6, 6.07) is 6.55. The Labute approximate surface area is 129 Å². The Hall–Kier alpha value is -1.93. The lowest BCUT2D eigenvalue weighted by Gasteiger charge is -2.11. The van der Waals surface area contributed by atoms with Gasteiger partial charge in [0.1, 0.15) is 5.84 Å². The van der Waals surface area contributed by atoms with Gasteiger partial charge in [0.2, 0.25) is 5.91 Å². The highest BCUT2D eigenvalue weighted by molar-refractivity contribution is 7.90. The second kappa shape index (κ2) is 6.89. The number of nitrogens with one attached hydrogen (secondary N) is 2. The third-order valence-corrected chi connectivity index (χ3v) is 4.49. The van der Waals surface area contributed by atoms with Gasteiger partial charge in [-0.05, 0) is 19.1 Å². The number of benzene rings is 1. The summed E-state index contributed by atoms with van der Waals surface area (Å²) >= 11 is 0. The number of carbonyl (C=O) groups excluding carboxylic acids is 1. The van der Waals surface area contributed by atoms with Gasteiger partial charge in [0.25, 0.3) is 10.0 Å². The number of fused-ring (bicyclic) bond motifs is 1. The van der Waals surface area contributed by atoms with Crippen molar-refractivity contribution in [3.05, 3.63) is 29.8 Å². The van der Waals surface area contributed by atoms with E-state index in [4.69, 9.17) is 4.74 Å². The highest BCUT2D eigenvalue weighted by atomic mass is 32.2. The first-order chi connectivity index (χ1) is 10.4. The minimum absolute atomic E-state index is 0.0733. The normalized spacial score (nSPS) is 18.5. The molecule has 2 N–H and O–H groups in total. The second-order valence-corrected chi connectivity index (χ2v) is 6.66. The van der Waals surface area contributed by atoms with Crippen LogP contribution < -0.4 is 10.0 Å². The van der Waals surface area contributed by atoms with Gasteiger partial charge in [-0.15, -0.1) is 0 Å². The molecule has 1 amide bonds. The molecule has 120 valence electrons. The topological polar surface area (TPSA) is 96.9 Å². The lowest BCUT2D eigenvalue weighted by atomic mass is 10.2. The van der Waals surface area contributed by atoms with Crippen molar-refractivity contribution in [2.45, 2.75) is 24.3 Å². The van der Waals surface area contributed by atoms with Crippen LogP contribution >= 0.6 is 0 Å². The van der Waals surface area contributed by atoms with Crippen molar-refractivity contribution in [1.29, 1.82) is 0 Å². The van der Waals surface area contributed by atoms with E-state index in [1.807, 2.05) is 6.92 Å². The van der Waals surface area contributed by atoms with Crippen LogP contribution in [-0.2, 0) is 19.6 Å². The van der Waals surface area contributed by atoms with Crippen LogP contribution in [-0.4, -0.2) is 46.5 Å². The Balaban J connectivity index is 1.97. The zero-order valence-corrected chi connectivity index (χ0v) is 13.3. The predicted molar refractivity (Wildman–Crippen MR) is 82.3 cm³/mol. The summed E-state index contributed by atoms with van der Waals surface area (Å²) in [6.45, 7) is 2.49. The van der Waals surface area contributed by atoms with E-state index in [0.717, 1.165) is 0 Å². The molecule has 2 rings (SSSR count). The Kier molecular flexibility index (Phi) is 5.15. The number of nitrogens with zero attached hydrogens (tertiary/aromatic N) is 1. The molecule has 1 atom stereocenters. The van der Waals surface area contributed by atoms with Gasteiger partial charge in [0, 0.05) is 25.1 Å². The number of aliphatic imine (C=N–C) groups is 1. The largest absolute Gasteiger partial charge is 0.383 e. The maximum absolute atomic E-state index is 11.9. The number of amidine groups is 1. The zero-order chi connectivity index (χ0) is 16.2. The van der Waals surface area contributed by atoms with Crippen molar-refractivity contribution in [1.82, 2.24) is 10.0 Å². The Bertz CT molecular complexity index is 685. The molecule has 22 heavy (non-hydrogen) atoms. The number of hydrogen-bond donors (Lipinski definition) is 2. The van der Waals surface area contributed by atoms with Crippen LogP contribution in [0.25, 0.3) is 0 Å². The van der Waals surface area contributed by atoms with Gasteiger partial charge >= 0.3 is 0 Å². The second-order valence-electron chi connectivity index (χ2n) is 5.01. The number of sulfonamides is 1. The van der Waals surface area contributed by atoms with Gasteiger partial charge in [-0.1, -0.05) is 12.1 Å². The van der Waals surface area contributed by atoms with E-state index in [2.05, 4.69) is 15.0 Å². The van der Waals surface area contributed by atoms with E-state index < -0.39 is 10.0 Å². The first kappa shape index (κ1) is 16.4. The van der Waals surface area contributed by atoms with Crippen LogP contribution in [0.15, 0.2) is 34.2 Å². The standard InChI is InChI=1S/C14H19N3O4S/c1-10(9-21-2)16-13(18)7-8-15-14-11-5-3-4-6-12(11)22(19,20)17-14/h3-6,10H,7-9H2,1-2H3,(H,15,17)(H,16,18)/t10-/m1/s1. The summed E-state index contributed by atoms with van der Waals surface area (Å²) in [5.74, 6) is 0.136. The molecule has 1 heterocycles. The molecule has 8 heteroatoms. The molecular formula is C14H19N3O4S. The van der Waals surface area contributed by atoms with Crippen molar-refractivity contribution >= 4 is 21.8 Å². The number of rotatable bonds is 6. The van der Waals surface area contributed by atoms with Crippen LogP contribution in [0, 0.1) is 0 Å². The van der Waals surface area contributed by atoms with E-state index in [9.17, 15) is 13.2 Å². The summed E-state index contributed by atoms with van der Waals surface area (Å²) in [5.41, 5.74) is 0.538. The molecule has 0 fully saturated rings. The minimum atomic E-state index is -3.53. The Morgan fingerprint density at radius 1 is 1.41 bits per heavy atom. The van der Waals surface area contributed by atoms with Crippen LogP contribution in [0.5, 0.6) is 0 Å². The maximum Gasteiger partial charge on any atom is 0.263 e. The SMILES string of the molecule is COC[C@@H](C)NC(=O)CCN=C1NS(=O)(=O)c2ccccc21. The van der Waals surface area contributed by atoms with Crippen LogP contribution in [0.2, 0.25) is 0 Å². The van der Waals surface area contributed by atoms with Crippen LogP contribution in [0.4, 0.5) is 0 Å². The molecule has 0 spiro atoms. The van der Waals surface area contributed by atoms with Crippen molar-refractivity contribution in [3.63, 3.8) is 0 Å².